The van der Waals surface area contributed by atoms with Gasteiger partial charge in [-0.25, -0.2) is 0 Å². The number of hydrogen-bond donors (Lipinski definition) is 2. The number of piperazine rings is 1. The molecular weight excluding hydrogens is 350 g/mol. The number of ether oxygens (including phenoxy) is 2. The highest BCUT2D eigenvalue weighted by Crippen LogP contribution is 2.12. The summed E-state index contributed by atoms with van der Waals surface area (Å²) in [6.07, 6.45) is 0.580. The number of benzene rings is 1. The fourth-order valence-corrected chi connectivity index (χ4v) is 2.81. The van der Waals surface area contributed by atoms with Crippen molar-refractivity contribution in [1.29, 1.82) is 0 Å². The van der Waals surface area contributed by atoms with Gasteiger partial charge in [0.25, 0.3) is 0 Å². The van der Waals surface area contributed by atoms with Crippen molar-refractivity contribution in [2.45, 2.75) is 32.4 Å². The fourth-order valence-electron chi connectivity index (χ4n) is 2.81. The minimum Gasteiger partial charge on any atom is -0.497 e. The second-order valence-corrected chi connectivity index (χ2v) is 6.27. The van der Waals surface area contributed by atoms with E-state index in [-0.39, 0.29) is 24.8 Å². The van der Waals surface area contributed by atoms with Crippen molar-refractivity contribution >= 4 is 17.8 Å². The molecular formula is C19H27N3O5. The number of nitrogens with zero attached hydrogens (tertiary/aromatic N) is 1. The SMILES string of the molecule is CCCOC(=O)CC1C(=O)NCCN1C(=O)CNCc1ccc(OC)cc1. The minimum absolute atomic E-state index is 0.0832. The van der Waals surface area contributed by atoms with Gasteiger partial charge in [-0.3, -0.25) is 14.4 Å². The fraction of sp³-hybridized carbons (Fsp3) is 0.526. The van der Waals surface area contributed by atoms with E-state index in [1.807, 2.05) is 31.2 Å². The third kappa shape index (κ3) is 6.25. The lowest BCUT2D eigenvalue weighted by Gasteiger charge is -2.34. The predicted molar refractivity (Wildman–Crippen MR) is 99.1 cm³/mol. The van der Waals surface area contributed by atoms with E-state index in [0.717, 1.165) is 11.3 Å². The Hall–Kier alpha value is -2.61. The van der Waals surface area contributed by atoms with Crippen LogP contribution in [-0.4, -0.2) is 62.1 Å². The molecule has 1 atom stereocenters. The smallest absolute Gasteiger partial charge is 0.308 e. The topological polar surface area (TPSA) is 97.0 Å². The first-order valence-corrected chi connectivity index (χ1v) is 9.11. The van der Waals surface area contributed by atoms with Gasteiger partial charge in [-0.15, -0.1) is 0 Å². The highest BCUT2D eigenvalue weighted by Gasteiger charge is 2.34. The standard InChI is InChI=1S/C19H27N3O5/c1-3-10-27-18(24)11-16-19(25)21-8-9-22(16)17(23)13-20-12-14-4-6-15(26-2)7-5-14/h4-7,16,20H,3,8-13H2,1-2H3,(H,21,25). The molecule has 8 nitrogen and oxygen atoms in total. The third-order valence-corrected chi connectivity index (χ3v) is 4.24. The maximum atomic E-state index is 12.6. The van der Waals surface area contributed by atoms with Gasteiger partial charge in [0, 0.05) is 19.6 Å². The largest absolute Gasteiger partial charge is 0.497 e. The number of carbonyl (C=O) groups excluding carboxylic acids is 3. The molecule has 2 rings (SSSR count). The number of methoxy groups -OCH3 is 1. The van der Waals surface area contributed by atoms with Gasteiger partial charge in [0.05, 0.1) is 26.7 Å². The molecule has 0 aliphatic carbocycles. The van der Waals surface area contributed by atoms with Gasteiger partial charge in [0.15, 0.2) is 0 Å². The zero-order valence-corrected chi connectivity index (χ0v) is 15.8. The van der Waals surface area contributed by atoms with Crippen LogP contribution in [0.1, 0.15) is 25.3 Å². The Kier molecular flexibility index (Phi) is 8.06. The van der Waals surface area contributed by atoms with Crippen LogP contribution in [0.5, 0.6) is 5.75 Å². The van der Waals surface area contributed by atoms with Crippen LogP contribution in [0.4, 0.5) is 0 Å². The number of amides is 2. The van der Waals surface area contributed by atoms with E-state index in [1.54, 1.807) is 7.11 Å². The molecule has 1 aliphatic rings. The number of hydrogen-bond acceptors (Lipinski definition) is 6. The zero-order valence-electron chi connectivity index (χ0n) is 15.8. The molecule has 0 radical (unpaired) electrons. The van der Waals surface area contributed by atoms with Crippen LogP contribution in [0.25, 0.3) is 0 Å². The van der Waals surface area contributed by atoms with Crippen LogP contribution in [0.3, 0.4) is 0 Å². The molecule has 148 valence electrons. The van der Waals surface area contributed by atoms with E-state index in [9.17, 15) is 14.4 Å². The maximum absolute atomic E-state index is 12.6. The molecule has 1 heterocycles. The third-order valence-electron chi connectivity index (χ3n) is 4.24. The van der Waals surface area contributed by atoms with Crippen molar-refractivity contribution < 1.29 is 23.9 Å². The highest BCUT2D eigenvalue weighted by molar-refractivity contribution is 5.92. The summed E-state index contributed by atoms with van der Waals surface area (Å²) in [5, 5.41) is 5.78. The number of esters is 1. The Balaban J connectivity index is 1.87. The Morgan fingerprint density at radius 3 is 2.70 bits per heavy atom. The van der Waals surface area contributed by atoms with Crippen molar-refractivity contribution in [3.8, 4) is 5.75 Å². The van der Waals surface area contributed by atoms with E-state index < -0.39 is 12.0 Å². The van der Waals surface area contributed by atoms with Crippen molar-refractivity contribution in [3.63, 3.8) is 0 Å². The average molecular weight is 377 g/mol. The van der Waals surface area contributed by atoms with Crippen molar-refractivity contribution in [1.82, 2.24) is 15.5 Å². The van der Waals surface area contributed by atoms with Crippen LogP contribution in [-0.2, 0) is 25.7 Å². The summed E-state index contributed by atoms with van der Waals surface area (Å²) >= 11 is 0. The van der Waals surface area contributed by atoms with Gasteiger partial charge in [0.1, 0.15) is 11.8 Å². The molecule has 1 fully saturated rings. The summed E-state index contributed by atoms with van der Waals surface area (Å²) in [4.78, 5) is 38.0. The van der Waals surface area contributed by atoms with Crippen molar-refractivity contribution in [2.75, 3.05) is 33.4 Å². The molecule has 2 amide bonds. The summed E-state index contributed by atoms with van der Waals surface area (Å²) in [7, 11) is 1.61. The van der Waals surface area contributed by atoms with Gasteiger partial charge in [-0.1, -0.05) is 19.1 Å². The minimum atomic E-state index is -0.821. The second kappa shape index (κ2) is 10.5. The molecule has 1 saturated heterocycles. The summed E-state index contributed by atoms with van der Waals surface area (Å²) in [6, 6.07) is 6.71. The van der Waals surface area contributed by atoms with Gasteiger partial charge in [-0.2, -0.15) is 0 Å². The molecule has 27 heavy (non-hydrogen) atoms. The first-order valence-electron chi connectivity index (χ1n) is 9.11. The predicted octanol–water partition coefficient (Wildman–Crippen LogP) is 0.455. The van der Waals surface area contributed by atoms with Crippen molar-refractivity contribution in [2.24, 2.45) is 0 Å². The zero-order chi connectivity index (χ0) is 19.6. The van der Waals surface area contributed by atoms with Crippen LogP contribution >= 0.6 is 0 Å². The Morgan fingerprint density at radius 2 is 2.04 bits per heavy atom. The molecule has 8 heteroatoms. The van der Waals surface area contributed by atoms with E-state index in [0.29, 0.717) is 32.7 Å². The molecule has 0 aromatic heterocycles. The highest BCUT2D eigenvalue weighted by atomic mass is 16.5. The van der Waals surface area contributed by atoms with Gasteiger partial charge >= 0.3 is 5.97 Å². The summed E-state index contributed by atoms with van der Waals surface area (Å²) < 4.78 is 10.2. The monoisotopic (exact) mass is 377 g/mol. The first-order chi connectivity index (χ1) is 13.0. The molecule has 2 N–H and O–H groups in total. The first kappa shape index (κ1) is 20.7. The molecule has 1 aliphatic heterocycles. The lowest BCUT2D eigenvalue weighted by atomic mass is 10.1. The van der Waals surface area contributed by atoms with Crippen molar-refractivity contribution in [3.05, 3.63) is 29.8 Å². The van der Waals surface area contributed by atoms with E-state index in [1.165, 1.54) is 4.90 Å². The number of rotatable bonds is 9. The van der Waals surface area contributed by atoms with Crippen LogP contribution < -0.4 is 15.4 Å². The van der Waals surface area contributed by atoms with E-state index in [4.69, 9.17) is 9.47 Å². The quantitative estimate of drug-likeness (QED) is 0.607. The molecule has 0 saturated carbocycles. The molecule has 0 spiro atoms. The molecule has 0 bridgehead atoms. The van der Waals surface area contributed by atoms with Gasteiger partial charge in [-0.05, 0) is 24.1 Å². The molecule has 1 aromatic carbocycles. The molecule has 1 aromatic rings. The van der Waals surface area contributed by atoms with E-state index in [2.05, 4.69) is 10.6 Å². The summed E-state index contributed by atoms with van der Waals surface area (Å²) in [6.45, 7) is 3.55. The lowest BCUT2D eigenvalue weighted by Crippen LogP contribution is -2.59. The van der Waals surface area contributed by atoms with Crippen LogP contribution in [0.15, 0.2) is 24.3 Å². The van der Waals surface area contributed by atoms with Crippen LogP contribution in [0, 0.1) is 0 Å². The Morgan fingerprint density at radius 1 is 1.30 bits per heavy atom. The Bertz CT molecular complexity index is 647. The summed E-state index contributed by atoms with van der Waals surface area (Å²) in [5.74, 6) is -0.236. The number of nitrogens with one attached hydrogen (secondary N) is 2. The van der Waals surface area contributed by atoms with Crippen LogP contribution in [0.2, 0.25) is 0 Å². The second-order valence-electron chi connectivity index (χ2n) is 6.27. The van der Waals surface area contributed by atoms with Gasteiger partial charge < -0.3 is 25.0 Å². The van der Waals surface area contributed by atoms with E-state index >= 15 is 0 Å². The Labute approximate surface area is 159 Å². The lowest BCUT2D eigenvalue weighted by molar-refractivity contribution is -0.151. The maximum Gasteiger partial charge on any atom is 0.308 e. The summed E-state index contributed by atoms with van der Waals surface area (Å²) in [5.41, 5.74) is 1.01. The normalized spacial score (nSPS) is 16.6. The van der Waals surface area contributed by atoms with Gasteiger partial charge in [0.2, 0.25) is 11.8 Å². The molecule has 1 unspecified atom stereocenters. The average Bonchev–Trinajstić information content (AvgIpc) is 2.68. The number of carbonyl (C=O) groups is 3.